The van der Waals surface area contributed by atoms with Gasteiger partial charge in [-0.2, -0.15) is 0 Å². The van der Waals surface area contributed by atoms with Crippen molar-refractivity contribution in [3.63, 3.8) is 0 Å². The Morgan fingerprint density at radius 3 is 1.21 bits per heavy atom. The van der Waals surface area contributed by atoms with Crippen LogP contribution in [-0.4, -0.2) is 37.2 Å². The number of esters is 3. The minimum absolute atomic E-state index is 0.128. The Morgan fingerprint density at radius 2 is 0.738 bits per heavy atom. The molecule has 0 aromatic carbocycles. The summed E-state index contributed by atoms with van der Waals surface area (Å²) >= 11 is 0. The summed E-state index contributed by atoms with van der Waals surface area (Å²) in [5.74, 6) is -1.08. The third kappa shape index (κ3) is 47.0. The van der Waals surface area contributed by atoms with Gasteiger partial charge in [-0.25, -0.2) is 0 Å². The topological polar surface area (TPSA) is 78.9 Å². The second-order valence-corrected chi connectivity index (χ2v) is 15.7. The van der Waals surface area contributed by atoms with Crippen molar-refractivity contribution in [1.82, 2.24) is 0 Å². The number of rotatable bonds is 42. The van der Waals surface area contributed by atoms with Crippen LogP contribution >= 0.6 is 0 Å². The van der Waals surface area contributed by atoms with E-state index in [1.165, 1.54) is 57.8 Å². The Kier molecular flexibility index (Phi) is 45.6. The van der Waals surface area contributed by atoms with Crippen LogP contribution in [-0.2, 0) is 28.6 Å². The van der Waals surface area contributed by atoms with Crippen molar-refractivity contribution < 1.29 is 28.6 Å². The Hall–Kier alpha value is -3.93. The molecule has 0 amide bonds. The van der Waals surface area contributed by atoms with Crippen molar-refractivity contribution in [3.05, 3.63) is 109 Å². The highest BCUT2D eigenvalue weighted by Crippen LogP contribution is 2.11. The van der Waals surface area contributed by atoms with E-state index in [0.29, 0.717) is 19.3 Å². The van der Waals surface area contributed by atoms with Crippen LogP contribution in [0, 0.1) is 0 Å². The van der Waals surface area contributed by atoms with Gasteiger partial charge in [0.05, 0.1) is 0 Å². The Balaban J connectivity index is 4.58. The fourth-order valence-corrected chi connectivity index (χ4v) is 6.10. The molecule has 0 aromatic rings. The van der Waals surface area contributed by atoms with E-state index in [2.05, 4.69) is 118 Å². The highest BCUT2D eigenvalue weighted by atomic mass is 16.6. The van der Waals surface area contributed by atoms with Crippen LogP contribution in [0.1, 0.15) is 201 Å². The van der Waals surface area contributed by atoms with E-state index >= 15 is 0 Å². The summed E-state index contributed by atoms with van der Waals surface area (Å²) in [4.78, 5) is 37.8. The molecule has 0 heterocycles. The zero-order chi connectivity index (χ0) is 44.4. The molecule has 1 unspecified atom stereocenters. The van der Waals surface area contributed by atoms with Gasteiger partial charge in [0.1, 0.15) is 13.2 Å². The van der Waals surface area contributed by atoms with Gasteiger partial charge in [0.15, 0.2) is 6.10 Å². The third-order valence-corrected chi connectivity index (χ3v) is 9.80. The van der Waals surface area contributed by atoms with E-state index in [1.54, 1.807) is 0 Å². The molecule has 0 bridgehead atoms. The summed E-state index contributed by atoms with van der Waals surface area (Å²) in [7, 11) is 0. The highest BCUT2D eigenvalue weighted by Gasteiger charge is 2.19. The van der Waals surface area contributed by atoms with Crippen molar-refractivity contribution in [2.75, 3.05) is 13.2 Å². The number of hydrogen-bond acceptors (Lipinski definition) is 6. The fourth-order valence-electron chi connectivity index (χ4n) is 6.10. The molecule has 0 N–H and O–H groups in total. The van der Waals surface area contributed by atoms with Gasteiger partial charge in [0.25, 0.3) is 0 Å². The molecule has 6 nitrogen and oxygen atoms in total. The van der Waals surface area contributed by atoms with Crippen molar-refractivity contribution >= 4 is 17.9 Å². The predicted molar refractivity (Wildman–Crippen MR) is 260 cm³/mol. The largest absolute Gasteiger partial charge is 0.462 e. The minimum atomic E-state index is -0.833. The third-order valence-electron chi connectivity index (χ3n) is 9.80. The zero-order valence-electron chi connectivity index (χ0n) is 39.1. The smallest absolute Gasteiger partial charge is 0.306 e. The molecule has 0 saturated heterocycles. The van der Waals surface area contributed by atoms with Crippen molar-refractivity contribution in [1.29, 1.82) is 0 Å². The van der Waals surface area contributed by atoms with E-state index in [1.807, 2.05) is 12.2 Å². The molecule has 0 fully saturated rings. The lowest BCUT2D eigenvalue weighted by atomic mass is 10.1. The van der Waals surface area contributed by atoms with Crippen LogP contribution in [0.2, 0.25) is 0 Å². The molecule has 0 aromatic heterocycles. The molecule has 344 valence electrons. The second-order valence-electron chi connectivity index (χ2n) is 15.7. The molecule has 0 rings (SSSR count). The van der Waals surface area contributed by atoms with Crippen molar-refractivity contribution in [2.24, 2.45) is 0 Å². The van der Waals surface area contributed by atoms with Crippen molar-refractivity contribution in [2.45, 2.75) is 207 Å². The standard InChI is InChI=1S/C55H88O6/c1-4-7-10-13-16-19-22-24-26-28-30-33-36-39-42-45-48-54(57)60-51-52(50-59-53(56)47-44-41-38-35-32-21-18-15-12-9-6-3)61-55(58)49-46-43-40-37-34-31-29-27-25-23-20-17-14-11-8-5-2/h7,10,15-16,18-19,21,24,26-27,29-34,39,42,52H,4-6,8-9,11-14,17,20,22-23,25,28,35-38,40-41,43-51H2,1-3H3/b10-7-,18-15-,19-16-,26-24-,29-27-,32-21-,33-30-,34-31-,42-39-. The van der Waals surface area contributed by atoms with Crippen LogP contribution in [0.15, 0.2) is 109 Å². The second kappa shape index (κ2) is 48.7. The van der Waals surface area contributed by atoms with Crippen LogP contribution < -0.4 is 0 Å². The molecular weight excluding hydrogens is 757 g/mol. The lowest BCUT2D eigenvalue weighted by molar-refractivity contribution is -0.166. The number of carbonyl (C=O) groups excluding carboxylic acids is 3. The Labute approximate surface area is 374 Å². The normalized spacial score (nSPS) is 13.0. The number of allylic oxidation sites excluding steroid dienone is 18. The Bertz CT molecular complexity index is 1290. The first-order chi connectivity index (χ1) is 30.0. The molecule has 0 radical (unpaired) electrons. The van der Waals surface area contributed by atoms with Gasteiger partial charge in [0, 0.05) is 19.3 Å². The SMILES string of the molecule is CC/C=C\C/C=C\C/C=C\C/C=C\C/C=C\CCC(=O)OCC(COC(=O)CCCCC/C=C\C=C/CCCC)OC(=O)CCCCC/C=C\C=C/CCCCCCCCC. The molecule has 0 aliphatic heterocycles. The van der Waals surface area contributed by atoms with E-state index < -0.39 is 6.10 Å². The highest BCUT2D eigenvalue weighted by molar-refractivity contribution is 5.71. The summed E-state index contributed by atoms with van der Waals surface area (Å²) in [5, 5.41) is 0. The lowest BCUT2D eigenvalue weighted by Crippen LogP contribution is -2.30. The number of unbranched alkanes of at least 4 members (excludes halogenated alkanes) is 15. The number of ether oxygens (including phenoxy) is 3. The van der Waals surface area contributed by atoms with Gasteiger partial charge in [-0.05, 0) is 96.3 Å². The van der Waals surface area contributed by atoms with Gasteiger partial charge in [-0.15, -0.1) is 0 Å². The van der Waals surface area contributed by atoms with E-state index in [4.69, 9.17) is 14.2 Å². The molecule has 0 aliphatic rings. The summed E-state index contributed by atoms with van der Waals surface area (Å²) in [6.45, 7) is 6.33. The first-order valence-corrected chi connectivity index (χ1v) is 24.4. The molecule has 6 heteroatoms. The van der Waals surface area contributed by atoms with Crippen LogP contribution in [0.25, 0.3) is 0 Å². The average molecular weight is 845 g/mol. The summed E-state index contributed by atoms with van der Waals surface area (Å²) in [5.41, 5.74) is 0. The van der Waals surface area contributed by atoms with E-state index in [-0.39, 0.29) is 44.0 Å². The maximum absolute atomic E-state index is 12.8. The summed E-state index contributed by atoms with van der Waals surface area (Å²) in [6.07, 6.45) is 65.2. The summed E-state index contributed by atoms with van der Waals surface area (Å²) in [6, 6.07) is 0. The molecular formula is C55H88O6. The van der Waals surface area contributed by atoms with E-state index in [9.17, 15) is 14.4 Å². The number of hydrogen-bond donors (Lipinski definition) is 0. The Morgan fingerprint density at radius 1 is 0.361 bits per heavy atom. The fraction of sp³-hybridized carbons (Fsp3) is 0.618. The van der Waals surface area contributed by atoms with Crippen LogP contribution in [0.4, 0.5) is 0 Å². The van der Waals surface area contributed by atoms with Crippen molar-refractivity contribution in [3.8, 4) is 0 Å². The molecule has 1 atom stereocenters. The predicted octanol–water partition coefficient (Wildman–Crippen LogP) is 16.0. The summed E-state index contributed by atoms with van der Waals surface area (Å²) < 4.78 is 16.6. The van der Waals surface area contributed by atoms with Gasteiger partial charge < -0.3 is 14.2 Å². The maximum atomic E-state index is 12.8. The number of carbonyl (C=O) groups is 3. The molecule has 0 spiro atoms. The van der Waals surface area contributed by atoms with Crippen LogP contribution in [0.5, 0.6) is 0 Å². The average Bonchev–Trinajstić information content (AvgIpc) is 3.26. The first-order valence-electron chi connectivity index (χ1n) is 24.4. The molecule has 61 heavy (non-hydrogen) atoms. The van der Waals surface area contributed by atoms with Crippen LogP contribution in [0.3, 0.4) is 0 Å². The van der Waals surface area contributed by atoms with Gasteiger partial charge in [0.2, 0.25) is 0 Å². The lowest BCUT2D eigenvalue weighted by Gasteiger charge is -2.18. The molecule has 0 saturated carbocycles. The monoisotopic (exact) mass is 845 g/mol. The van der Waals surface area contributed by atoms with Gasteiger partial charge >= 0.3 is 17.9 Å². The minimum Gasteiger partial charge on any atom is -0.462 e. The molecule has 0 aliphatic carbocycles. The zero-order valence-corrected chi connectivity index (χ0v) is 39.1. The first kappa shape index (κ1) is 57.1. The van der Waals surface area contributed by atoms with Gasteiger partial charge in [-0.3, -0.25) is 14.4 Å². The maximum Gasteiger partial charge on any atom is 0.306 e. The van der Waals surface area contributed by atoms with E-state index in [0.717, 1.165) is 89.9 Å². The van der Waals surface area contributed by atoms with Gasteiger partial charge in [-0.1, -0.05) is 194 Å². The quantitative estimate of drug-likeness (QED) is 0.0200.